The predicted octanol–water partition coefficient (Wildman–Crippen LogP) is 3.20. The lowest BCUT2D eigenvalue weighted by Crippen LogP contribution is -2.14. The van der Waals surface area contributed by atoms with Gasteiger partial charge in [0.15, 0.2) is 0 Å². The zero-order chi connectivity index (χ0) is 17.2. The summed E-state index contributed by atoms with van der Waals surface area (Å²) in [5.74, 6) is -0.498. The van der Waals surface area contributed by atoms with Gasteiger partial charge in [-0.1, -0.05) is 17.7 Å². The number of esters is 1. The Morgan fingerprint density at radius 3 is 2.22 bits per heavy atom. The molecule has 0 aromatic heterocycles. The Kier molecular flexibility index (Phi) is 4.75. The molecule has 0 saturated heterocycles. The van der Waals surface area contributed by atoms with Crippen LogP contribution in [0.2, 0.25) is 0 Å². The fraction of sp³-hybridized carbons (Fsp3) is 0.235. The van der Waals surface area contributed by atoms with Gasteiger partial charge in [0.2, 0.25) is 0 Å². The van der Waals surface area contributed by atoms with E-state index in [9.17, 15) is 13.2 Å². The molecule has 0 aliphatic rings. The van der Waals surface area contributed by atoms with Gasteiger partial charge in [0.25, 0.3) is 10.0 Å². The molecule has 0 bridgehead atoms. The summed E-state index contributed by atoms with van der Waals surface area (Å²) in [5, 5.41) is 0. The van der Waals surface area contributed by atoms with Gasteiger partial charge in [-0.15, -0.1) is 0 Å². The van der Waals surface area contributed by atoms with Gasteiger partial charge in [-0.25, -0.2) is 13.2 Å². The van der Waals surface area contributed by atoms with Gasteiger partial charge < -0.3 is 4.74 Å². The van der Waals surface area contributed by atoms with Crippen LogP contribution >= 0.6 is 0 Å². The van der Waals surface area contributed by atoms with E-state index < -0.39 is 16.0 Å². The third-order valence-electron chi connectivity index (χ3n) is 3.66. The van der Waals surface area contributed by atoms with Crippen LogP contribution in [0.15, 0.2) is 41.3 Å². The lowest BCUT2D eigenvalue weighted by Gasteiger charge is -2.13. The first-order valence-corrected chi connectivity index (χ1v) is 8.52. The number of aryl methyl sites for hydroxylation is 2. The molecule has 0 spiro atoms. The number of anilines is 1. The van der Waals surface area contributed by atoms with E-state index in [0.29, 0.717) is 11.3 Å². The average molecular weight is 333 g/mol. The molecule has 0 atom stereocenters. The number of methoxy groups -OCH3 is 1. The third-order valence-corrected chi connectivity index (χ3v) is 5.05. The van der Waals surface area contributed by atoms with Crippen LogP contribution in [-0.2, 0) is 14.8 Å². The van der Waals surface area contributed by atoms with E-state index >= 15 is 0 Å². The van der Waals surface area contributed by atoms with Crippen LogP contribution in [0.1, 0.15) is 27.0 Å². The Hall–Kier alpha value is -2.34. The second kappa shape index (κ2) is 6.42. The van der Waals surface area contributed by atoms with Crippen molar-refractivity contribution >= 4 is 21.7 Å². The number of ether oxygens (including phenoxy) is 1. The van der Waals surface area contributed by atoms with Crippen LogP contribution < -0.4 is 4.72 Å². The van der Waals surface area contributed by atoms with E-state index in [1.165, 1.54) is 13.2 Å². The number of hydrogen-bond donors (Lipinski definition) is 1. The highest BCUT2D eigenvalue weighted by Crippen LogP contribution is 2.23. The zero-order valence-corrected chi connectivity index (χ0v) is 14.3. The summed E-state index contributed by atoms with van der Waals surface area (Å²) in [6, 6.07) is 9.72. The van der Waals surface area contributed by atoms with Crippen LogP contribution in [-0.4, -0.2) is 21.5 Å². The zero-order valence-electron chi connectivity index (χ0n) is 13.5. The monoisotopic (exact) mass is 333 g/mol. The molecule has 2 aromatic rings. The molecule has 2 aromatic carbocycles. The fourth-order valence-electron chi connectivity index (χ4n) is 2.17. The molecule has 0 radical (unpaired) electrons. The highest BCUT2D eigenvalue weighted by atomic mass is 32.2. The van der Waals surface area contributed by atoms with Gasteiger partial charge in [0.1, 0.15) is 0 Å². The summed E-state index contributed by atoms with van der Waals surface area (Å²) in [6.45, 7) is 5.49. The Bertz CT molecular complexity index is 840. The van der Waals surface area contributed by atoms with Crippen LogP contribution in [0.25, 0.3) is 0 Å². The SMILES string of the molecule is COC(=O)c1cc(NS(=O)(=O)c2ccc(C)cc2)cc(C)c1C. The molecule has 0 fully saturated rings. The lowest BCUT2D eigenvalue weighted by atomic mass is 10.0. The highest BCUT2D eigenvalue weighted by Gasteiger charge is 2.17. The summed E-state index contributed by atoms with van der Waals surface area (Å²) in [7, 11) is -2.42. The van der Waals surface area contributed by atoms with Gasteiger partial charge in [0, 0.05) is 5.69 Å². The normalized spacial score (nSPS) is 11.1. The molecular formula is C17H19NO4S. The minimum atomic E-state index is -3.71. The second-order valence-corrected chi connectivity index (χ2v) is 7.06. The van der Waals surface area contributed by atoms with Crippen LogP contribution in [0.3, 0.4) is 0 Å². The van der Waals surface area contributed by atoms with Crippen molar-refractivity contribution in [3.8, 4) is 0 Å². The number of sulfonamides is 1. The van der Waals surface area contributed by atoms with Crippen molar-refractivity contribution in [2.75, 3.05) is 11.8 Å². The van der Waals surface area contributed by atoms with Gasteiger partial charge in [-0.05, 0) is 56.2 Å². The van der Waals surface area contributed by atoms with Crippen molar-refractivity contribution in [2.24, 2.45) is 0 Å². The second-order valence-electron chi connectivity index (χ2n) is 5.38. The van der Waals surface area contributed by atoms with E-state index in [4.69, 9.17) is 4.74 Å². The molecule has 0 heterocycles. The summed E-state index contributed by atoms with van der Waals surface area (Å²) >= 11 is 0. The largest absolute Gasteiger partial charge is 0.465 e. The molecule has 23 heavy (non-hydrogen) atoms. The smallest absolute Gasteiger partial charge is 0.338 e. The van der Waals surface area contributed by atoms with Gasteiger partial charge in [-0.3, -0.25) is 4.72 Å². The van der Waals surface area contributed by atoms with Crippen molar-refractivity contribution in [1.29, 1.82) is 0 Å². The molecule has 0 aliphatic carbocycles. The number of nitrogens with one attached hydrogen (secondary N) is 1. The first kappa shape index (κ1) is 17.0. The average Bonchev–Trinajstić information content (AvgIpc) is 2.50. The minimum Gasteiger partial charge on any atom is -0.465 e. The van der Waals surface area contributed by atoms with Crippen molar-refractivity contribution in [3.63, 3.8) is 0 Å². The fourth-order valence-corrected chi connectivity index (χ4v) is 3.21. The first-order chi connectivity index (χ1) is 10.7. The summed E-state index contributed by atoms with van der Waals surface area (Å²) in [4.78, 5) is 12.0. The van der Waals surface area contributed by atoms with E-state index in [1.54, 1.807) is 37.3 Å². The Labute approximate surface area is 136 Å². The van der Waals surface area contributed by atoms with Crippen molar-refractivity contribution < 1.29 is 17.9 Å². The highest BCUT2D eigenvalue weighted by molar-refractivity contribution is 7.92. The number of carbonyl (C=O) groups is 1. The molecule has 1 N–H and O–H groups in total. The van der Waals surface area contributed by atoms with Gasteiger partial charge in [0.05, 0.1) is 17.6 Å². The van der Waals surface area contributed by atoms with Crippen molar-refractivity contribution in [2.45, 2.75) is 25.7 Å². The quantitative estimate of drug-likeness (QED) is 0.872. The molecular weight excluding hydrogens is 314 g/mol. The number of rotatable bonds is 4. The van der Waals surface area contributed by atoms with E-state index in [-0.39, 0.29) is 4.90 Å². The summed E-state index contributed by atoms with van der Waals surface area (Å²) < 4.78 is 32.1. The topological polar surface area (TPSA) is 72.5 Å². The van der Waals surface area contributed by atoms with Gasteiger partial charge in [-0.2, -0.15) is 0 Å². The number of benzene rings is 2. The Balaban J connectivity index is 2.41. The Morgan fingerprint density at radius 2 is 1.65 bits per heavy atom. The summed E-state index contributed by atoms with van der Waals surface area (Å²) in [5.41, 5.74) is 3.20. The molecule has 0 unspecified atom stereocenters. The maximum Gasteiger partial charge on any atom is 0.338 e. The number of carbonyl (C=O) groups excluding carboxylic acids is 1. The third kappa shape index (κ3) is 3.71. The minimum absolute atomic E-state index is 0.168. The standard InChI is InChI=1S/C17H19NO4S/c1-11-5-7-15(8-6-11)23(20,21)18-14-9-12(2)13(3)16(10-14)17(19)22-4/h5-10,18H,1-4H3. The first-order valence-electron chi connectivity index (χ1n) is 7.03. The van der Waals surface area contributed by atoms with Crippen LogP contribution in [0, 0.1) is 20.8 Å². The Morgan fingerprint density at radius 1 is 1.04 bits per heavy atom. The molecule has 2 rings (SSSR count). The van der Waals surface area contributed by atoms with Crippen molar-refractivity contribution in [1.82, 2.24) is 0 Å². The number of hydrogen-bond acceptors (Lipinski definition) is 4. The van der Waals surface area contributed by atoms with E-state index in [0.717, 1.165) is 16.7 Å². The van der Waals surface area contributed by atoms with Crippen LogP contribution in [0.4, 0.5) is 5.69 Å². The van der Waals surface area contributed by atoms with Crippen LogP contribution in [0.5, 0.6) is 0 Å². The molecule has 0 aliphatic heterocycles. The van der Waals surface area contributed by atoms with Crippen molar-refractivity contribution in [3.05, 3.63) is 58.7 Å². The van der Waals surface area contributed by atoms with E-state index in [2.05, 4.69) is 4.72 Å². The lowest BCUT2D eigenvalue weighted by molar-refractivity contribution is 0.0600. The van der Waals surface area contributed by atoms with Gasteiger partial charge >= 0.3 is 5.97 Å². The summed E-state index contributed by atoms with van der Waals surface area (Å²) in [6.07, 6.45) is 0. The maximum absolute atomic E-state index is 12.4. The molecule has 0 saturated carbocycles. The molecule has 0 amide bonds. The predicted molar refractivity (Wildman–Crippen MR) is 89.2 cm³/mol. The molecule has 6 heteroatoms. The maximum atomic E-state index is 12.4. The molecule has 122 valence electrons. The van der Waals surface area contributed by atoms with E-state index in [1.807, 2.05) is 13.8 Å². The molecule has 5 nitrogen and oxygen atoms in total.